The van der Waals surface area contributed by atoms with Gasteiger partial charge in [0, 0.05) is 22.6 Å². The lowest BCUT2D eigenvalue weighted by Gasteiger charge is -2.43. The predicted octanol–water partition coefficient (Wildman–Crippen LogP) is 4.99. The van der Waals surface area contributed by atoms with Crippen LogP contribution in [-0.4, -0.2) is 20.9 Å². The van der Waals surface area contributed by atoms with E-state index in [0.717, 1.165) is 11.1 Å². The lowest BCUT2D eigenvalue weighted by molar-refractivity contribution is 0.102. The Hall–Kier alpha value is -2.88. The Bertz CT molecular complexity index is 1100. The summed E-state index contributed by atoms with van der Waals surface area (Å²) in [5, 5.41) is 22.0. The molecule has 4 heteroatoms. The van der Waals surface area contributed by atoms with Gasteiger partial charge in [-0.1, -0.05) is 72.8 Å². The molecule has 2 aliphatic carbocycles. The van der Waals surface area contributed by atoms with Crippen LogP contribution in [0.5, 0.6) is 0 Å². The van der Waals surface area contributed by atoms with Gasteiger partial charge in [0.15, 0.2) is 5.78 Å². The van der Waals surface area contributed by atoms with E-state index in [1.165, 1.54) is 6.08 Å². The molecule has 0 saturated heterocycles. The van der Waals surface area contributed by atoms with Crippen molar-refractivity contribution in [3.8, 4) is 0 Å². The van der Waals surface area contributed by atoms with E-state index in [9.17, 15) is 15.0 Å². The fourth-order valence-corrected chi connectivity index (χ4v) is 4.97. The third-order valence-electron chi connectivity index (χ3n) is 5.78. The molecule has 0 aliphatic heterocycles. The summed E-state index contributed by atoms with van der Waals surface area (Å²) in [4.78, 5) is 11.7. The Labute approximate surface area is 167 Å². The number of hydrogen-bond acceptors (Lipinski definition) is 3. The summed E-state index contributed by atoms with van der Waals surface area (Å²) in [5.74, 6) is -0.519. The van der Waals surface area contributed by atoms with E-state index < -0.39 is 16.9 Å². The Morgan fingerprint density at radius 2 is 1.21 bits per heavy atom. The van der Waals surface area contributed by atoms with Crippen molar-refractivity contribution in [2.24, 2.45) is 0 Å². The highest BCUT2D eigenvalue weighted by Gasteiger charge is 2.50. The Morgan fingerprint density at radius 1 is 0.750 bits per heavy atom. The van der Waals surface area contributed by atoms with Gasteiger partial charge >= 0.3 is 0 Å². The first-order valence-corrected chi connectivity index (χ1v) is 9.51. The third-order valence-corrected chi connectivity index (χ3v) is 6.32. The minimum Gasteiger partial charge on any atom is -0.508 e. The molecule has 0 amide bonds. The van der Waals surface area contributed by atoms with Crippen molar-refractivity contribution in [1.29, 1.82) is 0 Å². The van der Waals surface area contributed by atoms with E-state index in [2.05, 4.69) is 0 Å². The normalized spacial score (nSPS) is 23.4. The topological polar surface area (TPSA) is 57.5 Å². The summed E-state index contributed by atoms with van der Waals surface area (Å²) < 4.78 is 0. The molecule has 3 aromatic carbocycles. The maximum atomic E-state index is 13.0. The second kappa shape index (κ2) is 6.06. The minimum absolute atomic E-state index is 0.0303. The molecule has 0 saturated carbocycles. The van der Waals surface area contributed by atoms with Crippen LogP contribution in [0.3, 0.4) is 0 Å². The van der Waals surface area contributed by atoms with Crippen LogP contribution in [0, 0.1) is 0 Å². The van der Waals surface area contributed by atoms with Crippen LogP contribution >= 0.6 is 11.6 Å². The molecule has 0 spiro atoms. The number of aliphatic hydroxyl groups excluding tert-OH is 2. The van der Waals surface area contributed by atoms with Crippen molar-refractivity contribution < 1.29 is 15.0 Å². The number of halogens is 1. The molecule has 3 nitrogen and oxygen atoms in total. The lowest BCUT2D eigenvalue weighted by Crippen LogP contribution is -2.41. The molecule has 2 aliphatic rings. The van der Waals surface area contributed by atoms with Gasteiger partial charge in [-0.3, -0.25) is 4.79 Å². The molecule has 0 bridgehead atoms. The third kappa shape index (κ3) is 2.24. The van der Waals surface area contributed by atoms with Crippen molar-refractivity contribution in [2.75, 3.05) is 0 Å². The highest BCUT2D eigenvalue weighted by atomic mass is 35.5. The molecule has 0 aromatic heterocycles. The summed E-state index contributed by atoms with van der Waals surface area (Å²) >= 11 is 7.13. The number of carbonyl (C=O) groups is 1. The number of benzene rings is 3. The van der Waals surface area contributed by atoms with Crippen LogP contribution in [0.2, 0.25) is 0 Å². The van der Waals surface area contributed by atoms with Crippen molar-refractivity contribution in [3.63, 3.8) is 0 Å². The number of rotatable bonds is 1. The van der Waals surface area contributed by atoms with Gasteiger partial charge in [-0.2, -0.15) is 0 Å². The summed E-state index contributed by atoms with van der Waals surface area (Å²) in [6, 6.07) is 21.8. The number of fused-ring (bicyclic) bond motifs is 3. The quantitative estimate of drug-likeness (QED) is 0.577. The summed E-state index contributed by atoms with van der Waals surface area (Å²) in [6.45, 7) is 0. The highest BCUT2D eigenvalue weighted by Crippen LogP contribution is 2.55. The first-order chi connectivity index (χ1) is 13.5. The zero-order valence-electron chi connectivity index (χ0n) is 14.8. The smallest absolute Gasteiger partial charge is 0.193 e. The van der Waals surface area contributed by atoms with Gasteiger partial charge in [0.25, 0.3) is 0 Å². The van der Waals surface area contributed by atoms with Gasteiger partial charge in [-0.25, -0.2) is 0 Å². The van der Waals surface area contributed by atoms with Crippen molar-refractivity contribution in [1.82, 2.24) is 0 Å². The molecule has 0 radical (unpaired) electrons. The molecule has 3 aromatic rings. The van der Waals surface area contributed by atoms with Crippen LogP contribution in [0.25, 0.3) is 5.76 Å². The molecule has 28 heavy (non-hydrogen) atoms. The highest BCUT2D eigenvalue weighted by molar-refractivity contribution is 6.28. The Morgan fingerprint density at radius 3 is 1.79 bits per heavy atom. The number of carbonyl (C=O) groups excluding carboxylic acids is 1. The average Bonchev–Trinajstić information content (AvgIpc) is 2.72. The Balaban J connectivity index is 1.80. The van der Waals surface area contributed by atoms with E-state index in [0.29, 0.717) is 22.3 Å². The van der Waals surface area contributed by atoms with E-state index in [1.807, 2.05) is 42.5 Å². The summed E-state index contributed by atoms with van der Waals surface area (Å²) in [5.41, 5.74) is 3.80. The SMILES string of the molecule is O=C1c2ccccc2C(C2(Cl)C=C(O)c3ccccc3C2O)c2ccccc21. The predicted molar refractivity (Wildman–Crippen MR) is 109 cm³/mol. The van der Waals surface area contributed by atoms with Gasteiger partial charge in [0.05, 0.1) is 0 Å². The van der Waals surface area contributed by atoms with Crippen LogP contribution < -0.4 is 0 Å². The zero-order chi connectivity index (χ0) is 19.5. The monoisotopic (exact) mass is 388 g/mol. The number of alkyl halides is 1. The molecule has 2 N–H and O–H groups in total. The van der Waals surface area contributed by atoms with Gasteiger partial charge in [0.1, 0.15) is 16.7 Å². The van der Waals surface area contributed by atoms with Gasteiger partial charge in [-0.05, 0) is 22.8 Å². The Kier molecular flexibility index (Phi) is 3.73. The first kappa shape index (κ1) is 17.2. The van der Waals surface area contributed by atoms with Crippen molar-refractivity contribution in [3.05, 3.63) is 112 Å². The largest absolute Gasteiger partial charge is 0.508 e. The number of aliphatic hydroxyl groups is 2. The van der Waals surface area contributed by atoms with Crippen LogP contribution in [-0.2, 0) is 0 Å². The molecule has 0 heterocycles. The van der Waals surface area contributed by atoms with Crippen LogP contribution in [0.15, 0.2) is 78.9 Å². The molecular weight excluding hydrogens is 372 g/mol. The van der Waals surface area contributed by atoms with Gasteiger partial charge in [0.2, 0.25) is 0 Å². The average molecular weight is 389 g/mol. The van der Waals surface area contributed by atoms with E-state index >= 15 is 0 Å². The van der Waals surface area contributed by atoms with E-state index in [-0.39, 0.29) is 11.5 Å². The minimum atomic E-state index is -1.34. The fraction of sp³-hybridized carbons (Fsp3) is 0.125. The lowest BCUT2D eigenvalue weighted by atomic mass is 9.67. The number of hydrogen-bond donors (Lipinski definition) is 2. The van der Waals surface area contributed by atoms with Gasteiger partial charge in [-0.15, -0.1) is 11.6 Å². The first-order valence-electron chi connectivity index (χ1n) is 9.13. The van der Waals surface area contributed by atoms with Crippen LogP contribution in [0.4, 0.5) is 0 Å². The molecule has 138 valence electrons. The molecule has 5 rings (SSSR count). The standard InChI is InChI=1S/C24H17ClO3/c25-24(13-20(26)14-7-1-6-12-19(14)23(24)28)21-15-8-2-4-10-17(15)22(27)18-11-5-3-9-16(18)21/h1-13,21,23,26,28H. The second-order valence-electron chi connectivity index (χ2n) is 7.28. The maximum Gasteiger partial charge on any atom is 0.193 e. The zero-order valence-corrected chi connectivity index (χ0v) is 15.6. The maximum absolute atomic E-state index is 13.0. The van der Waals surface area contributed by atoms with Crippen molar-refractivity contribution in [2.45, 2.75) is 16.9 Å². The second-order valence-corrected chi connectivity index (χ2v) is 7.94. The fourth-order valence-electron chi connectivity index (χ4n) is 4.51. The number of ketones is 1. The molecule has 2 atom stereocenters. The molecule has 0 fully saturated rings. The summed E-state index contributed by atoms with van der Waals surface area (Å²) in [6.07, 6.45) is 0.468. The van der Waals surface area contributed by atoms with Crippen LogP contribution in [0.1, 0.15) is 50.2 Å². The molecular formula is C24H17ClO3. The van der Waals surface area contributed by atoms with E-state index in [4.69, 9.17) is 11.6 Å². The molecule has 2 unspecified atom stereocenters. The van der Waals surface area contributed by atoms with Gasteiger partial charge < -0.3 is 10.2 Å². The summed E-state index contributed by atoms with van der Waals surface area (Å²) in [7, 11) is 0. The van der Waals surface area contributed by atoms with E-state index in [1.54, 1.807) is 30.3 Å². The van der Waals surface area contributed by atoms with Crippen molar-refractivity contribution >= 4 is 23.1 Å².